The minimum atomic E-state index is -3.54. The number of rotatable bonds is 9. The number of ketones is 1. The van der Waals surface area contributed by atoms with Gasteiger partial charge in [-0.3, -0.25) is 14.3 Å². The average Bonchev–Trinajstić information content (AvgIpc) is 3.57. The van der Waals surface area contributed by atoms with Crippen LogP contribution < -0.4 is 10.2 Å². The Kier molecular flexibility index (Phi) is 6.34. The van der Waals surface area contributed by atoms with E-state index < -0.39 is 32.7 Å². The van der Waals surface area contributed by atoms with E-state index in [0.717, 1.165) is 6.26 Å². The monoisotopic (exact) mass is 528 g/mol. The zero-order valence-electron chi connectivity index (χ0n) is 19.8. The maximum Gasteiger partial charge on any atom is 0.211 e. The highest BCUT2D eigenvalue weighted by atomic mass is 35.5. The lowest BCUT2D eigenvalue weighted by atomic mass is 10.0. The van der Waals surface area contributed by atoms with Crippen LogP contribution in [0.4, 0.5) is 0 Å². The maximum absolute atomic E-state index is 13.1. The number of halogens is 1. The molecule has 0 saturated heterocycles. The zero-order chi connectivity index (χ0) is 25.6. The van der Waals surface area contributed by atoms with E-state index in [9.17, 15) is 18.0 Å². The molecule has 9 nitrogen and oxygen atoms in total. The summed E-state index contributed by atoms with van der Waals surface area (Å²) in [5.41, 5.74) is 1.49. The molecule has 0 aliphatic heterocycles. The second-order valence-corrected chi connectivity index (χ2v) is 11.9. The van der Waals surface area contributed by atoms with Gasteiger partial charge in [-0.15, -0.1) is 0 Å². The summed E-state index contributed by atoms with van der Waals surface area (Å²) in [4.78, 5) is 30.4. The van der Waals surface area contributed by atoms with Gasteiger partial charge < -0.3 is 9.14 Å². The predicted molar refractivity (Wildman–Crippen MR) is 137 cm³/mol. The van der Waals surface area contributed by atoms with Crippen molar-refractivity contribution in [3.8, 4) is 5.75 Å². The molecule has 3 heterocycles. The smallest absolute Gasteiger partial charge is 0.211 e. The van der Waals surface area contributed by atoms with Crippen LogP contribution in [0.25, 0.3) is 16.6 Å². The molecule has 36 heavy (non-hydrogen) atoms. The first kappa shape index (κ1) is 24.5. The fourth-order valence-corrected chi connectivity index (χ4v) is 5.04. The Morgan fingerprint density at radius 2 is 2.00 bits per heavy atom. The van der Waals surface area contributed by atoms with E-state index in [1.807, 2.05) is 10.6 Å². The number of carbonyl (C=O) groups is 1. The Hall–Kier alpha value is -3.24. The van der Waals surface area contributed by atoms with E-state index in [0.29, 0.717) is 45.5 Å². The Morgan fingerprint density at radius 3 is 2.72 bits per heavy atom. The van der Waals surface area contributed by atoms with Crippen LogP contribution in [0, 0.1) is 5.92 Å². The molecule has 1 unspecified atom stereocenters. The van der Waals surface area contributed by atoms with Crippen molar-refractivity contribution in [2.45, 2.75) is 32.2 Å². The molecule has 1 aliphatic carbocycles. The van der Waals surface area contributed by atoms with E-state index in [1.165, 1.54) is 19.8 Å². The average molecular weight is 529 g/mol. The maximum atomic E-state index is 13.1. The Balaban J connectivity index is 1.51. The number of nitrogens with zero attached hydrogens (tertiary/aromatic N) is 4. The van der Waals surface area contributed by atoms with E-state index in [2.05, 4.69) is 10.1 Å². The van der Waals surface area contributed by atoms with E-state index >= 15 is 0 Å². The summed E-state index contributed by atoms with van der Waals surface area (Å²) in [5, 5.41) is 5.37. The third-order valence-corrected chi connectivity index (χ3v) is 7.33. The van der Waals surface area contributed by atoms with Crippen molar-refractivity contribution in [3.63, 3.8) is 0 Å². The van der Waals surface area contributed by atoms with Crippen molar-refractivity contribution in [1.82, 2.24) is 19.2 Å². The van der Waals surface area contributed by atoms with E-state index in [4.69, 9.17) is 16.3 Å². The van der Waals surface area contributed by atoms with Crippen molar-refractivity contribution < 1.29 is 17.9 Å². The van der Waals surface area contributed by atoms with Crippen LogP contribution in [0.1, 0.15) is 37.1 Å². The summed E-state index contributed by atoms with van der Waals surface area (Å²) in [6.07, 6.45) is 6.97. The molecule has 1 fully saturated rings. The third kappa shape index (κ3) is 5.15. The highest BCUT2D eigenvalue weighted by Gasteiger charge is 2.25. The summed E-state index contributed by atoms with van der Waals surface area (Å²) < 4.78 is 32.6. The van der Waals surface area contributed by atoms with Gasteiger partial charge in [0.15, 0.2) is 21.4 Å². The van der Waals surface area contributed by atoms with Crippen molar-refractivity contribution in [3.05, 3.63) is 69.4 Å². The number of carbonyl (C=O) groups excluding carboxylic acids is 1. The van der Waals surface area contributed by atoms with Crippen molar-refractivity contribution >= 4 is 43.8 Å². The molecule has 188 valence electrons. The van der Waals surface area contributed by atoms with Crippen LogP contribution in [-0.2, 0) is 21.2 Å². The van der Waals surface area contributed by atoms with Crippen LogP contribution in [0.5, 0.6) is 5.75 Å². The molecule has 11 heteroatoms. The van der Waals surface area contributed by atoms with Crippen LogP contribution in [-0.4, -0.2) is 52.0 Å². The molecule has 1 aromatic carbocycles. The SMILES string of the molecule is CC(C(=O)CS(C)(=O)=O)c1nn(Cc2cn3cc(OCC4CC4)c(Cl)cc3n2)c2ccccc2c1=O. The van der Waals surface area contributed by atoms with Gasteiger partial charge in [0.25, 0.3) is 0 Å². The molecular formula is C25H25ClN4O5S. The molecule has 0 amide bonds. The van der Waals surface area contributed by atoms with Crippen LogP contribution in [0.15, 0.2) is 47.5 Å². The number of hydrogen-bond acceptors (Lipinski definition) is 7. The minimum Gasteiger partial charge on any atom is -0.490 e. The van der Waals surface area contributed by atoms with Gasteiger partial charge in [0.2, 0.25) is 5.43 Å². The highest BCUT2D eigenvalue weighted by Crippen LogP contribution is 2.32. The topological polar surface area (TPSA) is 113 Å². The van der Waals surface area contributed by atoms with Crippen molar-refractivity contribution in [2.24, 2.45) is 5.92 Å². The van der Waals surface area contributed by atoms with Gasteiger partial charge in [0.1, 0.15) is 17.1 Å². The Bertz CT molecular complexity index is 1660. The van der Waals surface area contributed by atoms with Gasteiger partial charge in [0, 0.05) is 23.9 Å². The van der Waals surface area contributed by atoms with Crippen molar-refractivity contribution in [1.29, 1.82) is 0 Å². The lowest BCUT2D eigenvalue weighted by Crippen LogP contribution is -2.28. The molecular weight excluding hydrogens is 504 g/mol. The van der Waals surface area contributed by atoms with Crippen LogP contribution in [0.2, 0.25) is 5.02 Å². The summed E-state index contributed by atoms with van der Waals surface area (Å²) >= 11 is 6.40. The number of Topliss-reactive ketones (excluding diaryl/α,β-unsaturated/α-hetero) is 1. The normalized spacial score (nSPS) is 14.9. The molecule has 5 rings (SSSR count). The first-order valence-corrected chi connectivity index (χ1v) is 14.0. The molecule has 1 aliphatic rings. The predicted octanol–water partition coefficient (Wildman–Crippen LogP) is 3.25. The number of pyridine rings is 1. The number of fused-ring (bicyclic) bond motifs is 2. The van der Waals surface area contributed by atoms with Gasteiger partial charge in [0.05, 0.1) is 41.5 Å². The largest absolute Gasteiger partial charge is 0.490 e. The molecule has 1 saturated carbocycles. The fourth-order valence-electron chi connectivity index (χ4n) is 4.07. The standard InChI is InChI=1S/C25H25ClN4O5S/c1-15(21(31)14-36(2,33)34)24-25(32)18-5-3-4-6-20(18)30(28-24)11-17-10-29-12-22(35-13-16-7-8-16)19(26)9-23(29)27-17/h3-6,9-10,12,15-16H,7-8,11,13-14H2,1-2H3. The van der Waals surface area contributed by atoms with Gasteiger partial charge in [-0.05, 0) is 37.8 Å². The quantitative estimate of drug-likeness (QED) is 0.327. The molecule has 0 N–H and O–H groups in total. The van der Waals surface area contributed by atoms with E-state index in [1.54, 1.807) is 41.2 Å². The molecule has 4 aromatic rings. The minimum absolute atomic E-state index is 0.00456. The molecule has 1 atom stereocenters. The number of para-hydroxylation sites is 1. The molecule has 0 bridgehead atoms. The Morgan fingerprint density at radius 1 is 1.25 bits per heavy atom. The lowest BCUT2D eigenvalue weighted by Gasteiger charge is -2.14. The van der Waals surface area contributed by atoms with Gasteiger partial charge >= 0.3 is 0 Å². The zero-order valence-corrected chi connectivity index (χ0v) is 21.4. The number of benzene rings is 1. The number of hydrogen-bond donors (Lipinski definition) is 0. The first-order valence-electron chi connectivity index (χ1n) is 11.6. The fraction of sp³-hybridized carbons (Fsp3) is 0.360. The number of ether oxygens (including phenoxy) is 1. The summed E-state index contributed by atoms with van der Waals surface area (Å²) in [5.74, 6) is -1.03. The first-order chi connectivity index (χ1) is 17.1. The van der Waals surface area contributed by atoms with Crippen LogP contribution in [0.3, 0.4) is 0 Å². The number of aromatic nitrogens is 4. The summed E-state index contributed by atoms with van der Waals surface area (Å²) in [6.45, 7) is 2.36. The third-order valence-electron chi connectivity index (χ3n) is 6.23. The Labute approximate surface area is 212 Å². The van der Waals surface area contributed by atoms with Gasteiger partial charge in [-0.2, -0.15) is 5.10 Å². The second kappa shape index (κ2) is 9.33. The lowest BCUT2D eigenvalue weighted by molar-refractivity contribution is -0.117. The second-order valence-electron chi connectivity index (χ2n) is 9.38. The molecule has 3 aromatic heterocycles. The molecule has 0 spiro atoms. The van der Waals surface area contributed by atoms with Crippen LogP contribution >= 0.6 is 11.6 Å². The highest BCUT2D eigenvalue weighted by molar-refractivity contribution is 7.91. The van der Waals surface area contributed by atoms with E-state index in [-0.39, 0.29) is 12.2 Å². The number of imidazole rings is 1. The van der Waals surface area contributed by atoms with Crippen molar-refractivity contribution in [2.75, 3.05) is 18.6 Å². The number of sulfone groups is 1. The van der Waals surface area contributed by atoms with Gasteiger partial charge in [-0.1, -0.05) is 23.7 Å². The summed E-state index contributed by atoms with van der Waals surface area (Å²) in [6, 6.07) is 8.70. The summed E-state index contributed by atoms with van der Waals surface area (Å²) in [7, 11) is -3.54. The molecule has 0 radical (unpaired) electrons. The van der Waals surface area contributed by atoms with Gasteiger partial charge in [-0.25, -0.2) is 13.4 Å².